The zero-order valence-electron chi connectivity index (χ0n) is 17.2. The van der Waals surface area contributed by atoms with Crippen molar-refractivity contribution in [2.75, 3.05) is 6.54 Å². The fourth-order valence-corrected chi connectivity index (χ4v) is 3.59. The van der Waals surface area contributed by atoms with E-state index in [1.807, 2.05) is 6.07 Å². The lowest BCUT2D eigenvalue weighted by Gasteiger charge is -2.10. The molecule has 1 aromatic heterocycles. The minimum atomic E-state index is -0.338. The molecule has 0 atom stereocenters. The Kier molecular flexibility index (Phi) is 7.79. The number of unbranched alkanes of at least 4 members (excludes halogenated alkanes) is 4. The SMILES string of the molecule is CCCCCCCn1c(CCCNC(=O)c2ccc(F)cc2)nc2ccccc21. The molecular weight excluding hydrogens is 365 g/mol. The van der Waals surface area contributed by atoms with Gasteiger partial charge in [0.25, 0.3) is 5.91 Å². The summed E-state index contributed by atoms with van der Waals surface area (Å²) in [4.78, 5) is 17.0. The first-order valence-corrected chi connectivity index (χ1v) is 10.7. The first kappa shape index (κ1) is 21.0. The number of nitrogens with zero attached hydrogens (tertiary/aromatic N) is 2. The molecule has 0 spiro atoms. The molecule has 0 saturated heterocycles. The van der Waals surface area contributed by atoms with E-state index in [4.69, 9.17) is 4.98 Å². The van der Waals surface area contributed by atoms with Crippen molar-refractivity contribution in [3.63, 3.8) is 0 Å². The fraction of sp³-hybridized carbons (Fsp3) is 0.417. The maximum absolute atomic E-state index is 13.0. The lowest BCUT2D eigenvalue weighted by molar-refractivity contribution is 0.0953. The number of para-hydroxylation sites is 2. The lowest BCUT2D eigenvalue weighted by atomic mass is 10.1. The maximum Gasteiger partial charge on any atom is 0.251 e. The Labute approximate surface area is 172 Å². The number of halogens is 1. The van der Waals surface area contributed by atoms with Crippen molar-refractivity contribution < 1.29 is 9.18 Å². The topological polar surface area (TPSA) is 46.9 Å². The highest BCUT2D eigenvalue weighted by Gasteiger charge is 2.11. The van der Waals surface area contributed by atoms with E-state index in [1.54, 1.807) is 0 Å². The molecule has 4 nitrogen and oxygen atoms in total. The van der Waals surface area contributed by atoms with Gasteiger partial charge in [-0.25, -0.2) is 9.37 Å². The number of amides is 1. The summed E-state index contributed by atoms with van der Waals surface area (Å²) in [5.74, 6) is 0.572. The van der Waals surface area contributed by atoms with Crippen molar-refractivity contribution >= 4 is 16.9 Å². The van der Waals surface area contributed by atoms with Crippen molar-refractivity contribution in [1.29, 1.82) is 0 Å². The predicted octanol–water partition coefficient (Wildman–Crippen LogP) is 5.51. The summed E-state index contributed by atoms with van der Waals surface area (Å²) in [5, 5.41) is 2.91. The third-order valence-corrected chi connectivity index (χ3v) is 5.19. The molecule has 2 aromatic carbocycles. The quantitative estimate of drug-likeness (QED) is 0.435. The number of rotatable bonds is 11. The molecule has 154 valence electrons. The van der Waals surface area contributed by atoms with Crippen LogP contribution < -0.4 is 5.32 Å². The van der Waals surface area contributed by atoms with Crippen molar-refractivity contribution in [1.82, 2.24) is 14.9 Å². The average Bonchev–Trinajstić information content (AvgIpc) is 3.09. The van der Waals surface area contributed by atoms with Crippen LogP contribution in [0.15, 0.2) is 48.5 Å². The second-order valence-corrected chi connectivity index (χ2v) is 7.45. The number of carbonyl (C=O) groups excluding carboxylic acids is 1. The maximum atomic E-state index is 13.0. The van der Waals surface area contributed by atoms with Crippen LogP contribution in [0, 0.1) is 5.82 Å². The van der Waals surface area contributed by atoms with Gasteiger partial charge in [-0.05, 0) is 49.2 Å². The number of imidazole rings is 1. The van der Waals surface area contributed by atoms with E-state index in [9.17, 15) is 9.18 Å². The summed E-state index contributed by atoms with van der Waals surface area (Å²) < 4.78 is 15.3. The van der Waals surface area contributed by atoms with Crippen LogP contribution in [0.25, 0.3) is 11.0 Å². The summed E-state index contributed by atoms with van der Waals surface area (Å²) in [5.41, 5.74) is 2.70. The molecule has 1 N–H and O–H groups in total. The Balaban J connectivity index is 1.55. The number of hydrogen-bond donors (Lipinski definition) is 1. The average molecular weight is 396 g/mol. The number of hydrogen-bond acceptors (Lipinski definition) is 2. The number of benzene rings is 2. The molecule has 0 radical (unpaired) electrons. The Morgan fingerprint density at radius 3 is 2.55 bits per heavy atom. The van der Waals surface area contributed by atoms with Crippen LogP contribution in [0.2, 0.25) is 0 Å². The molecular formula is C24H30FN3O. The van der Waals surface area contributed by atoms with E-state index in [-0.39, 0.29) is 11.7 Å². The molecule has 0 saturated carbocycles. The highest BCUT2D eigenvalue weighted by molar-refractivity contribution is 5.94. The second kappa shape index (κ2) is 10.7. The van der Waals surface area contributed by atoms with Gasteiger partial charge in [-0.3, -0.25) is 4.79 Å². The fourth-order valence-electron chi connectivity index (χ4n) is 3.59. The number of aromatic nitrogens is 2. The van der Waals surface area contributed by atoms with Crippen LogP contribution in [-0.2, 0) is 13.0 Å². The molecule has 0 unspecified atom stereocenters. The number of fused-ring (bicyclic) bond motifs is 1. The summed E-state index contributed by atoms with van der Waals surface area (Å²) in [6.45, 7) is 3.79. The summed E-state index contributed by atoms with van der Waals surface area (Å²) in [6, 6.07) is 13.9. The van der Waals surface area contributed by atoms with Gasteiger partial charge in [0, 0.05) is 25.1 Å². The number of nitrogens with one attached hydrogen (secondary N) is 1. The van der Waals surface area contributed by atoms with E-state index in [1.165, 1.54) is 55.5 Å². The van der Waals surface area contributed by atoms with Crippen molar-refractivity contribution in [3.05, 3.63) is 65.7 Å². The molecule has 0 bridgehead atoms. The number of carbonyl (C=O) groups is 1. The van der Waals surface area contributed by atoms with Gasteiger partial charge in [0.15, 0.2) is 0 Å². The van der Waals surface area contributed by atoms with E-state index in [0.29, 0.717) is 12.1 Å². The van der Waals surface area contributed by atoms with Crippen molar-refractivity contribution in [2.45, 2.75) is 58.4 Å². The predicted molar refractivity (Wildman–Crippen MR) is 116 cm³/mol. The Bertz CT molecular complexity index is 918. The minimum Gasteiger partial charge on any atom is -0.352 e. The smallest absolute Gasteiger partial charge is 0.251 e. The van der Waals surface area contributed by atoms with E-state index in [0.717, 1.165) is 37.1 Å². The molecule has 29 heavy (non-hydrogen) atoms. The van der Waals surface area contributed by atoms with E-state index >= 15 is 0 Å². The number of aryl methyl sites for hydroxylation is 2. The monoisotopic (exact) mass is 395 g/mol. The molecule has 0 aliphatic carbocycles. The molecule has 3 aromatic rings. The second-order valence-electron chi connectivity index (χ2n) is 7.45. The first-order valence-electron chi connectivity index (χ1n) is 10.7. The highest BCUT2D eigenvalue weighted by Crippen LogP contribution is 2.18. The normalized spacial score (nSPS) is 11.1. The highest BCUT2D eigenvalue weighted by atomic mass is 19.1. The first-order chi connectivity index (χ1) is 14.2. The van der Waals surface area contributed by atoms with Crippen LogP contribution in [-0.4, -0.2) is 22.0 Å². The van der Waals surface area contributed by atoms with Gasteiger partial charge in [-0.2, -0.15) is 0 Å². The van der Waals surface area contributed by atoms with Crippen molar-refractivity contribution in [2.24, 2.45) is 0 Å². The minimum absolute atomic E-state index is 0.172. The third-order valence-electron chi connectivity index (χ3n) is 5.19. The molecule has 0 aliphatic heterocycles. The third kappa shape index (κ3) is 5.89. The Morgan fingerprint density at radius 2 is 1.76 bits per heavy atom. The van der Waals surface area contributed by atoms with Crippen LogP contribution in [0.3, 0.4) is 0 Å². The summed E-state index contributed by atoms with van der Waals surface area (Å²) in [7, 11) is 0. The summed E-state index contributed by atoms with van der Waals surface area (Å²) in [6.07, 6.45) is 7.86. The van der Waals surface area contributed by atoms with Gasteiger partial charge in [0.05, 0.1) is 11.0 Å². The van der Waals surface area contributed by atoms with Crippen LogP contribution in [0.4, 0.5) is 4.39 Å². The zero-order chi connectivity index (χ0) is 20.5. The standard InChI is InChI=1S/C24H30FN3O/c1-2-3-4-5-8-18-28-22-11-7-6-10-21(22)27-23(28)12-9-17-26-24(29)19-13-15-20(25)16-14-19/h6-7,10-11,13-16H,2-5,8-9,12,17-18H2,1H3,(H,26,29). The Hall–Kier alpha value is -2.69. The molecule has 0 aliphatic rings. The van der Waals surface area contributed by atoms with Gasteiger partial charge >= 0.3 is 0 Å². The summed E-state index contributed by atoms with van der Waals surface area (Å²) >= 11 is 0. The molecule has 0 fully saturated rings. The molecule has 3 rings (SSSR count). The lowest BCUT2D eigenvalue weighted by Crippen LogP contribution is -2.25. The molecule has 1 amide bonds. The zero-order valence-corrected chi connectivity index (χ0v) is 17.2. The van der Waals surface area contributed by atoms with Gasteiger partial charge in [0.1, 0.15) is 11.6 Å². The van der Waals surface area contributed by atoms with Gasteiger partial charge in [-0.1, -0.05) is 44.7 Å². The van der Waals surface area contributed by atoms with Gasteiger partial charge in [0.2, 0.25) is 0 Å². The molecule has 1 heterocycles. The molecule has 5 heteroatoms. The van der Waals surface area contributed by atoms with Crippen LogP contribution >= 0.6 is 0 Å². The van der Waals surface area contributed by atoms with E-state index in [2.05, 4.69) is 35.0 Å². The van der Waals surface area contributed by atoms with Gasteiger partial charge < -0.3 is 9.88 Å². The van der Waals surface area contributed by atoms with Crippen LogP contribution in [0.1, 0.15) is 61.6 Å². The van der Waals surface area contributed by atoms with E-state index < -0.39 is 0 Å². The van der Waals surface area contributed by atoms with Crippen molar-refractivity contribution in [3.8, 4) is 0 Å². The largest absolute Gasteiger partial charge is 0.352 e. The van der Waals surface area contributed by atoms with Gasteiger partial charge in [-0.15, -0.1) is 0 Å². The Morgan fingerprint density at radius 1 is 1.00 bits per heavy atom. The van der Waals surface area contributed by atoms with Crippen LogP contribution in [0.5, 0.6) is 0 Å².